The smallest absolute Gasteiger partial charge is 0.170 e. The van der Waals surface area contributed by atoms with Crippen molar-refractivity contribution in [2.45, 2.75) is 25.9 Å². The summed E-state index contributed by atoms with van der Waals surface area (Å²) in [5.74, 6) is 0. The third-order valence-corrected chi connectivity index (χ3v) is 5.94. The minimum atomic E-state index is -0.0271. The first kappa shape index (κ1) is 19.6. The van der Waals surface area contributed by atoms with E-state index in [0.29, 0.717) is 13.2 Å². The van der Waals surface area contributed by atoms with E-state index in [1.54, 1.807) is 7.11 Å². The summed E-state index contributed by atoms with van der Waals surface area (Å²) in [5.41, 5.74) is 5.87. The number of rotatable bonds is 6. The average molecular weight is 407 g/mol. The lowest BCUT2D eigenvalue weighted by molar-refractivity contribution is 0.163. The molecule has 5 nitrogen and oxygen atoms in total. The molecule has 1 N–H and O–H groups in total. The Balaban J connectivity index is 1.79. The zero-order chi connectivity index (χ0) is 20.4. The Bertz CT molecular complexity index is 1000. The number of benzene rings is 1. The molecule has 2 atom stereocenters. The van der Waals surface area contributed by atoms with Gasteiger partial charge in [0.1, 0.15) is 0 Å². The molecule has 0 aliphatic carbocycles. The molecule has 0 amide bonds. The van der Waals surface area contributed by atoms with Crippen LogP contribution in [0.5, 0.6) is 0 Å². The molecule has 1 aliphatic heterocycles. The maximum atomic E-state index is 5.70. The van der Waals surface area contributed by atoms with Gasteiger partial charge in [-0.3, -0.25) is 4.98 Å². The highest BCUT2D eigenvalue weighted by atomic mass is 32.1. The fraction of sp³-hybridized carbons (Fsp3) is 0.304. The number of hydrogen-bond acceptors (Lipinski definition) is 3. The van der Waals surface area contributed by atoms with Crippen molar-refractivity contribution in [1.29, 1.82) is 0 Å². The lowest BCUT2D eigenvalue weighted by Crippen LogP contribution is -2.33. The Morgan fingerprint density at radius 1 is 1.10 bits per heavy atom. The minimum absolute atomic E-state index is 0.0177. The van der Waals surface area contributed by atoms with Crippen LogP contribution < -0.4 is 5.32 Å². The molecule has 6 heteroatoms. The van der Waals surface area contributed by atoms with E-state index in [4.69, 9.17) is 17.0 Å². The Labute approximate surface area is 177 Å². The van der Waals surface area contributed by atoms with Crippen LogP contribution in [-0.4, -0.2) is 39.8 Å². The first-order chi connectivity index (χ1) is 14.1. The molecule has 0 bridgehead atoms. The molecule has 0 unspecified atom stereocenters. The summed E-state index contributed by atoms with van der Waals surface area (Å²) in [6, 6.07) is 16.8. The van der Waals surface area contributed by atoms with Crippen molar-refractivity contribution in [3.8, 4) is 5.69 Å². The number of aryl methyl sites for hydroxylation is 2. The Kier molecular flexibility index (Phi) is 5.65. The van der Waals surface area contributed by atoms with Crippen LogP contribution >= 0.6 is 12.2 Å². The van der Waals surface area contributed by atoms with E-state index < -0.39 is 0 Å². The van der Waals surface area contributed by atoms with Gasteiger partial charge in [0.25, 0.3) is 0 Å². The van der Waals surface area contributed by atoms with Crippen LogP contribution in [-0.2, 0) is 4.74 Å². The molecule has 2 aromatic heterocycles. The van der Waals surface area contributed by atoms with Crippen molar-refractivity contribution >= 4 is 17.3 Å². The van der Waals surface area contributed by atoms with Gasteiger partial charge in [-0.25, -0.2) is 0 Å². The largest absolute Gasteiger partial charge is 0.383 e. The average Bonchev–Trinajstić information content (AvgIpc) is 3.33. The standard InChI is InChI=1S/C23H26N4OS/c1-16-9-10-18(15-17(16)2)26-12-6-8-20(26)22-21(19-7-4-5-11-24-19)25-23(29)27(22)13-14-28-3/h4-12,15,21-22H,13-14H2,1-3H3,(H,25,29)/t21-,22+/m1/s1. The number of thiocarbonyl (C=S) groups is 1. The van der Waals surface area contributed by atoms with Gasteiger partial charge in [-0.15, -0.1) is 0 Å². The first-order valence-electron chi connectivity index (χ1n) is 9.82. The second-order valence-electron chi connectivity index (χ2n) is 7.38. The highest BCUT2D eigenvalue weighted by Gasteiger charge is 2.41. The molecular formula is C23H26N4OS. The summed E-state index contributed by atoms with van der Waals surface area (Å²) in [6.45, 7) is 5.61. The van der Waals surface area contributed by atoms with E-state index in [1.807, 2.05) is 18.3 Å². The molecular weight excluding hydrogens is 380 g/mol. The van der Waals surface area contributed by atoms with Crippen molar-refractivity contribution in [3.05, 3.63) is 83.4 Å². The first-order valence-corrected chi connectivity index (χ1v) is 10.2. The summed E-state index contributed by atoms with van der Waals surface area (Å²) in [4.78, 5) is 6.82. The van der Waals surface area contributed by atoms with Crippen molar-refractivity contribution in [2.75, 3.05) is 20.3 Å². The number of pyridine rings is 1. The van der Waals surface area contributed by atoms with Crippen LogP contribution in [0.3, 0.4) is 0 Å². The molecule has 29 heavy (non-hydrogen) atoms. The fourth-order valence-electron chi connectivity index (χ4n) is 3.90. The van der Waals surface area contributed by atoms with Crippen LogP contribution in [0, 0.1) is 13.8 Å². The van der Waals surface area contributed by atoms with E-state index in [0.717, 1.165) is 16.5 Å². The summed E-state index contributed by atoms with van der Waals surface area (Å²) in [6.07, 6.45) is 3.95. The molecule has 1 fully saturated rings. The zero-order valence-electron chi connectivity index (χ0n) is 17.0. The third-order valence-electron chi connectivity index (χ3n) is 5.59. The number of nitrogens with one attached hydrogen (secondary N) is 1. The van der Waals surface area contributed by atoms with Gasteiger partial charge < -0.3 is 19.5 Å². The molecule has 1 aromatic carbocycles. The highest BCUT2D eigenvalue weighted by Crippen LogP contribution is 2.39. The summed E-state index contributed by atoms with van der Waals surface area (Å²) < 4.78 is 7.60. The molecule has 1 aliphatic rings. The molecule has 0 spiro atoms. The summed E-state index contributed by atoms with van der Waals surface area (Å²) in [7, 11) is 1.72. The van der Waals surface area contributed by atoms with Gasteiger partial charge in [0.2, 0.25) is 0 Å². The monoisotopic (exact) mass is 406 g/mol. The molecule has 3 aromatic rings. The minimum Gasteiger partial charge on any atom is -0.383 e. The number of hydrogen-bond donors (Lipinski definition) is 1. The van der Waals surface area contributed by atoms with Crippen molar-refractivity contribution < 1.29 is 4.74 Å². The lowest BCUT2D eigenvalue weighted by atomic mass is 10.0. The van der Waals surface area contributed by atoms with E-state index in [-0.39, 0.29) is 12.1 Å². The number of methoxy groups -OCH3 is 1. The number of aromatic nitrogens is 2. The van der Waals surface area contributed by atoms with Crippen molar-refractivity contribution in [1.82, 2.24) is 19.8 Å². The Morgan fingerprint density at radius 3 is 2.69 bits per heavy atom. The van der Waals surface area contributed by atoms with E-state index in [9.17, 15) is 0 Å². The topological polar surface area (TPSA) is 42.3 Å². The third kappa shape index (κ3) is 3.78. The molecule has 0 radical (unpaired) electrons. The maximum Gasteiger partial charge on any atom is 0.170 e. The predicted octanol–water partition coefficient (Wildman–Crippen LogP) is 4.11. The van der Waals surface area contributed by atoms with Crippen LogP contribution in [0.25, 0.3) is 5.69 Å². The molecule has 4 rings (SSSR count). The normalized spacial score (nSPS) is 18.9. The molecule has 0 saturated carbocycles. The predicted molar refractivity (Wildman–Crippen MR) is 119 cm³/mol. The van der Waals surface area contributed by atoms with Crippen LogP contribution in [0.15, 0.2) is 60.9 Å². The van der Waals surface area contributed by atoms with Crippen molar-refractivity contribution in [3.63, 3.8) is 0 Å². The fourth-order valence-corrected chi connectivity index (χ4v) is 4.23. The second-order valence-corrected chi connectivity index (χ2v) is 7.77. The van der Waals surface area contributed by atoms with Gasteiger partial charge in [0, 0.05) is 37.4 Å². The summed E-state index contributed by atoms with van der Waals surface area (Å²) in [5, 5.41) is 4.22. The van der Waals surface area contributed by atoms with Crippen LogP contribution in [0.4, 0.5) is 0 Å². The van der Waals surface area contributed by atoms with Gasteiger partial charge in [-0.05, 0) is 73.6 Å². The van der Waals surface area contributed by atoms with Gasteiger partial charge in [0.05, 0.1) is 24.4 Å². The Hall–Kier alpha value is -2.70. The molecule has 1 saturated heterocycles. The van der Waals surface area contributed by atoms with Gasteiger partial charge in [0.15, 0.2) is 5.11 Å². The summed E-state index contributed by atoms with van der Waals surface area (Å²) >= 11 is 5.70. The molecule has 3 heterocycles. The van der Waals surface area contributed by atoms with Gasteiger partial charge in [-0.2, -0.15) is 0 Å². The van der Waals surface area contributed by atoms with E-state index in [2.05, 4.69) is 76.2 Å². The van der Waals surface area contributed by atoms with Crippen molar-refractivity contribution in [2.24, 2.45) is 0 Å². The second kappa shape index (κ2) is 8.35. The lowest BCUT2D eigenvalue weighted by Gasteiger charge is -2.28. The Morgan fingerprint density at radius 2 is 1.97 bits per heavy atom. The molecule has 150 valence electrons. The van der Waals surface area contributed by atoms with E-state index >= 15 is 0 Å². The van der Waals surface area contributed by atoms with E-state index in [1.165, 1.54) is 16.8 Å². The zero-order valence-corrected chi connectivity index (χ0v) is 17.8. The SMILES string of the molecule is COCCN1C(=S)N[C@H](c2ccccn2)[C@@H]1c1cccn1-c1ccc(C)c(C)c1. The van der Waals surface area contributed by atoms with Crippen LogP contribution in [0.2, 0.25) is 0 Å². The maximum absolute atomic E-state index is 5.70. The number of ether oxygens (including phenoxy) is 1. The quantitative estimate of drug-likeness (QED) is 0.624. The highest BCUT2D eigenvalue weighted by molar-refractivity contribution is 7.80. The number of nitrogens with zero attached hydrogens (tertiary/aromatic N) is 3. The van der Waals surface area contributed by atoms with Gasteiger partial charge >= 0.3 is 0 Å². The van der Waals surface area contributed by atoms with Gasteiger partial charge in [-0.1, -0.05) is 12.1 Å². The van der Waals surface area contributed by atoms with Crippen LogP contribution in [0.1, 0.15) is 34.6 Å².